The summed E-state index contributed by atoms with van der Waals surface area (Å²) in [7, 11) is 0. The van der Waals surface area contributed by atoms with Crippen molar-refractivity contribution in [3.05, 3.63) is 63.1 Å². The quantitative estimate of drug-likeness (QED) is 0.897. The molecule has 0 aliphatic carbocycles. The third kappa shape index (κ3) is 2.48. The average Bonchev–Trinajstić information content (AvgIpc) is 2.80. The number of nitrogens with two attached hydrogens (primary N) is 1. The van der Waals surface area contributed by atoms with Gasteiger partial charge in [0.2, 0.25) is 0 Å². The SMILES string of the molecule is Cc1cc(C(N)c2ccc3c(c2)CC(C)O3)ccc1Br. The van der Waals surface area contributed by atoms with Gasteiger partial charge in [-0.3, -0.25) is 0 Å². The van der Waals surface area contributed by atoms with Crippen LogP contribution >= 0.6 is 15.9 Å². The predicted molar refractivity (Wildman–Crippen MR) is 85.1 cm³/mol. The molecule has 2 aromatic carbocycles. The van der Waals surface area contributed by atoms with E-state index in [4.69, 9.17) is 10.5 Å². The lowest BCUT2D eigenvalue weighted by Gasteiger charge is -2.15. The van der Waals surface area contributed by atoms with E-state index in [2.05, 4.69) is 60.1 Å². The van der Waals surface area contributed by atoms with E-state index in [0.29, 0.717) is 0 Å². The fourth-order valence-corrected chi connectivity index (χ4v) is 2.94. The first kappa shape index (κ1) is 13.7. The zero-order chi connectivity index (χ0) is 14.3. The monoisotopic (exact) mass is 331 g/mol. The van der Waals surface area contributed by atoms with Gasteiger partial charge in [0.25, 0.3) is 0 Å². The van der Waals surface area contributed by atoms with Crippen molar-refractivity contribution in [2.45, 2.75) is 32.4 Å². The van der Waals surface area contributed by atoms with Crippen LogP contribution in [-0.4, -0.2) is 6.10 Å². The van der Waals surface area contributed by atoms with Crippen molar-refractivity contribution < 1.29 is 4.74 Å². The van der Waals surface area contributed by atoms with Crippen LogP contribution in [0.15, 0.2) is 40.9 Å². The van der Waals surface area contributed by atoms with Crippen molar-refractivity contribution in [1.29, 1.82) is 0 Å². The van der Waals surface area contributed by atoms with Crippen molar-refractivity contribution in [3.63, 3.8) is 0 Å². The molecule has 20 heavy (non-hydrogen) atoms. The van der Waals surface area contributed by atoms with Gasteiger partial charge < -0.3 is 10.5 Å². The number of ether oxygens (including phenoxy) is 1. The molecule has 0 saturated heterocycles. The zero-order valence-electron chi connectivity index (χ0n) is 11.7. The number of hydrogen-bond acceptors (Lipinski definition) is 2. The lowest BCUT2D eigenvalue weighted by molar-refractivity contribution is 0.254. The largest absolute Gasteiger partial charge is 0.490 e. The summed E-state index contributed by atoms with van der Waals surface area (Å²) < 4.78 is 6.85. The maximum absolute atomic E-state index is 6.41. The van der Waals surface area contributed by atoms with Gasteiger partial charge >= 0.3 is 0 Å². The molecule has 3 heteroatoms. The van der Waals surface area contributed by atoms with Crippen LogP contribution < -0.4 is 10.5 Å². The highest BCUT2D eigenvalue weighted by atomic mass is 79.9. The van der Waals surface area contributed by atoms with E-state index in [-0.39, 0.29) is 12.1 Å². The molecule has 1 aliphatic rings. The molecule has 104 valence electrons. The zero-order valence-corrected chi connectivity index (χ0v) is 13.3. The Bertz CT molecular complexity index is 653. The molecule has 0 fully saturated rings. The molecule has 0 radical (unpaired) electrons. The lowest BCUT2D eigenvalue weighted by atomic mass is 9.96. The molecule has 1 aliphatic heterocycles. The summed E-state index contributed by atoms with van der Waals surface area (Å²) in [6.45, 7) is 4.18. The summed E-state index contributed by atoms with van der Waals surface area (Å²) in [5.74, 6) is 1.00. The minimum Gasteiger partial charge on any atom is -0.490 e. The Kier molecular flexibility index (Phi) is 3.57. The molecule has 2 N–H and O–H groups in total. The normalized spacial score (nSPS) is 18.5. The number of rotatable bonds is 2. The standard InChI is InChI=1S/C17H18BrNO/c1-10-7-12(3-5-15(10)18)17(19)13-4-6-16-14(9-13)8-11(2)20-16/h3-7,9,11,17H,8,19H2,1-2H3. The Hall–Kier alpha value is -1.32. The number of halogens is 1. The smallest absolute Gasteiger partial charge is 0.123 e. The van der Waals surface area contributed by atoms with E-state index in [0.717, 1.165) is 27.8 Å². The molecular weight excluding hydrogens is 314 g/mol. The van der Waals surface area contributed by atoms with Gasteiger partial charge in [0.15, 0.2) is 0 Å². The van der Waals surface area contributed by atoms with Gasteiger partial charge in [-0.05, 0) is 48.2 Å². The van der Waals surface area contributed by atoms with Gasteiger partial charge in [-0.2, -0.15) is 0 Å². The van der Waals surface area contributed by atoms with Crippen LogP contribution in [0.2, 0.25) is 0 Å². The van der Waals surface area contributed by atoms with Gasteiger partial charge in [0.1, 0.15) is 11.9 Å². The highest BCUT2D eigenvalue weighted by Gasteiger charge is 2.20. The highest BCUT2D eigenvalue weighted by Crippen LogP contribution is 2.32. The molecule has 2 nitrogen and oxygen atoms in total. The second kappa shape index (κ2) is 5.23. The van der Waals surface area contributed by atoms with Gasteiger partial charge in [-0.1, -0.05) is 40.2 Å². The summed E-state index contributed by atoms with van der Waals surface area (Å²) in [6, 6.07) is 12.5. The first-order valence-corrected chi connectivity index (χ1v) is 7.65. The summed E-state index contributed by atoms with van der Waals surface area (Å²) in [5, 5.41) is 0. The molecular formula is C17H18BrNO. The summed E-state index contributed by atoms with van der Waals surface area (Å²) in [4.78, 5) is 0. The van der Waals surface area contributed by atoms with E-state index in [9.17, 15) is 0 Å². The molecule has 1 heterocycles. The van der Waals surface area contributed by atoms with Gasteiger partial charge in [0.05, 0.1) is 6.04 Å². The Labute approximate surface area is 128 Å². The number of fused-ring (bicyclic) bond motifs is 1. The van der Waals surface area contributed by atoms with Crippen LogP contribution in [0.1, 0.15) is 35.2 Å². The van der Waals surface area contributed by atoms with Gasteiger partial charge in [0, 0.05) is 10.9 Å². The van der Waals surface area contributed by atoms with Crippen LogP contribution in [0.3, 0.4) is 0 Å². The van der Waals surface area contributed by atoms with Crippen LogP contribution in [0, 0.1) is 6.92 Å². The van der Waals surface area contributed by atoms with E-state index in [1.807, 2.05) is 6.07 Å². The summed E-state index contributed by atoms with van der Waals surface area (Å²) in [6.07, 6.45) is 1.24. The van der Waals surface area contributed by atoms with Gasteiger partial charge in [-0.25, -0.2) is 0 Å². The Morgan fingerprint density at radius 3 is 2.65 bits per heavy atom. The van der Waals surface area contributed by atoms with Crippen molar-refractivity contribution in [2.24, 2.45) is 5.73 Å². The van der Waals surface area contributed by atoms with Crippen LogP contribution in [0.4, 0.5) is 0 Å². The van der Waals surface area contributed by atoms with E-state index in [1.165, 1.54) is 11.1 Å². The van der Waals surface area contributed by atoms with Crippen LogP contribution in [0.25, 0.3) is 0 Å². The minimum atomic E-state index is -0.0944. The summed E-state index contributed by atoms with van der Waals surface area (Å²) >= 11 is 3.52. The number of benzene rings is 2. The van der Waals surface area contributed by atoms with Crippen LogP contribution in [-0.2, 0) is 6.42 Å². The highest BCUT2D eigenvalue weighted by molar-refractivity contribution is 9.10. The summed E-state index contributed by atoms with van der Waals surface area (Å²) in [5.41, 5.74) is 11.2. The third-order valence-electron chi connectivity index (χ3n) is 3.82. The van der Waals surface area contributed by atoms with Crippen molar-refractivity contribution in [3.8, 4) is 5.75 Å². The second-order valence-electron chi connectivity index (χ2n) is 5.49. The fraction of sp³-hybridized carbons (Fsp3) is 0.294. The van der Waals surface area contributed by atoms with Crippen molar-refractivity contribution in [1.82, 2.24) is 0 Å². The maximum atomic E-state index is 6.41. The molecule has 0 spiro atoms. The molecule has 2 unspecified atom stereocenters. The average molecular weight is 332 g/mol. The fourth-order valence-electron chi connectivity index (χ4n) is 2.69. The molecule has 0 amide bonds. The van der Waals surface area contributed by atoms with Crippen molar-refractivity contribution >= 4 is 15.9 Å². The molecule has 2 aromatic rings. The van der Waals surface area contributed by atoms with Gasteiger partial charge in [-0.15, -0.1) is 0 Å². The Morgan fingerprint density at radius 2 is 1.90 bits per heavy atom. The maximum Gasteiger partial charge on any atom is 0.123 e. The van der Waals surface area contributed by atoms with E-state index >= 15 is 0 Å². The second-order valence-corrected chi connectivity index (χ2v) is 6.34. The lowest BCUT2D eigenvalue weighted by Crippen LogP contribution is -2.12. The number of hydrogen-bond donors (Lipinski definition) is 1. The molecule has 0 bridgehead atoms. The predicted octanol–water partition coefficient (Wildman–Crippen LogP) is 4.13. The van der Waals surface area contributed by atoms with Crippen LogP contribution in [0.5, 0.6) is 5.75 Å². The van der Waals surface area contributed by atoms with Crippen molar-refractivity contribution in [2.75, 3.05) is 0 Å². The molecule has 0 saturated carbocycles. The Morgan fingerprint density at radius 1 is 1.20 bits per heavy atom. The molecule has 2 atom stereocenters. The molecule has 0 aromatic heterocycles. The third-order valence-corrected chi connectivity index (χ3v) is 4.71. The first-order valence-electron chi connectivity index (χ1n) is 6.85. The Balaban J connectivity index is 1.93. The molecule has 3 rings (SSSR count). The minimum absolute atomic E-state index is 0.0944. The first-order chi connectivity index (χ1) is 9.54. The number of aryl methyl sites for hydroxylation is 1. The van der Waals surface area contributed by atoms with E-state index < -0.39 is 0 Å². The van der Waals surface area contributed by atoms with E-state index in [1.54, 1.807) is 0 Å². The topological polar surface area (TPSA) is 35.2 Å².